The van der Waals surface area contributed by atoms with Crippen molar-refractivity contribution in [2.45, 2.75) is 25.4 Å². The summed E-state index contributed by atoms with van der Waals surface area (Å²) in [5.41, 5.74) is 4.88. The van der Waals surface area contributed by atoms with E-state index in [0.717, 1.165) is 0 Å². The van der Waals surface area contributed by atoms with Gasteiger partial charge in [0.1, 0.15) is 18.7 Å². The zero-order valence-corrected chi connectivity index (χ0v) is 9.44. The first-order valence-corrected chi connectivity index (χ1v) is 5.12. The molecule has 0 aliphatic carbocycles. The van der Waals surface area contributed by atoms with Gasteiger partial charge in [-0.1, -0.05) is 0 Å². The van der Waals surface area contributed by atoms with Gasteiger partial charge < -0.3 is 16.2 Å². The lowest BCUT2D eigenvalue weighted by molar-refractivity contribution is -0.143. The number of carbonyl (C=O) groups is 3. The molecule has 18 heavy (non-hydrogen) atoms. The molecule has 0 aromatic carbocycles. The van der Waals surface area contributed by atoms with Gasteiger partial charge in [0.25, 0.3) is 0 Å². The molecule has 4 N–H and O–H groups in total. The number of carboxylic acid groups (broad SMARTS) is 1. The number of carbonyl (C=O) groups excluding carboxylic acids is 2. The Morgan fingerprint density at radius 3 is 2.67 bits per heavy atom. The average molecular weight is 255 g/mol. The third-order valence-electron chi connectivity index (χ3n) is 2.07. The van der Waals surface area contributed by atoms with E-state index in [1.165, 1.54) is 17.3 Å². The zero-order valence-electron chi connectivity index (χ0n) is 9.44. The van der Waals surface area contributed by atoms with Gasteiger partial charge in [-0.15, -0.1) is 0 Å². The van der Waals surface area contributed by atoms with Crippen molar-refractivity contribution in [3.05, 3.63) is 12.7 Å². The van der Waals surface area contributed by atoms with E-state index in [2.05, 4.69) is 15.4 Å². The Morgan fingerprint density at radius 1 is 1.44 bits per heavy atom. The van der Waals surface area contributed by atoms with E-state index in [-0.39, 0.29) is 13.0 Å². The highest BCUT2D eigenvalue weighted by atomic mass is 16.4. The number of rotatable bonds is 7. The Bertz CT molecular complexity index is 430. The van der Waals surface area contributed by atoms with E-state index in [1.54, 1.807) is 0 Å². The van der Waals surface area contributed by atoms with Gasteiger partial charge in [0.05, 0.1) is 13.0 Å². The Hall–Kier alpha value is -2.45. The van der Waals surface area contributed by atoms with Gasteiger partial charge in [0.2, 0.25) is 11.8 Å². The number of hydrogen-bond donors (Lipinski definition) is 3. The molecule has 9 heteroatoms. The number of nitrogens with two attached hydrogens (primary N) is 1. The fourth-order valence-corrected chi connectivity index (χ4v) is 1.23. The summed E-state index contributed by atoms with van der Waals surface area (Å²) in [6, 6.07) is -1.30. The molecule has 9 nitrogen and oxygen atoms in total. The minimum Gasteiger partial charge on any atom is -0.480 e. The van der Waals surface area contributed by atoms with Crippen LogP contribution < -0.4 is 11.1 Å². The Kier molecular flexibility index (Phi) is 4.78. The number of aromatic nitrogens is 3. The summed E-state index contributed by atoms with van der Waals surface area (Å²) in [7, 11) is 0. The fraction of sp³-hybridized carbons (Fsp3) is 0.444. The molecule has 0 unspecified atom stereocenters. The van der Waals surface area contributed by atoms with Gasteiger partial charge in [-0.2, -0.15) is 5.10 Å². The molecular formula is C9H13N5O4. The second-order valence-electron chi connectivity index (χ2n) is 3.54. The number of aryl methyl sites for hydroxylation is 1. The van der Waals surface area contributed by atoms with Crippen LogP contribution in [0.1, 0.15) is 12.8 Å². The first-order chi connectivity index (χ1) is 8.49. The molecule has 0 fully saturated rings. The number of amides is 2. The van der Waals surface area contributed by atoms with E-state index in [9.17, 15) is 14.4 Å². The molecule has 1 aromatic rings. The third-order valence-corrected chi connectivity index (χ3v) is 2.07. The highest BCUT2D eigenvalue weighted by molar-refractivity contribution is 5.88. The summed E-state index contributed by atoms with van der Waals surface area (Å²) >= 11 is 0. The normalized spacial score (nSPS) is 11.8. The lowest BCUT2D eigenvalue weighted by atomic mass is 10.2. The van der Waals surface area contributed by atoms with Gasteiger partial charge >= 0.3 is 5.97 Å². The van der Waals surface area contributed by atoms with Crippen molar-refractivity contribution in [2.75, 3.05) is 0 Å². The second-order valence-corrected chi connectivity index (χ2v) is 3.54. The van der Waals surface area contributed by atoms with Crippen molar-refractivity contribution in [3.8, 4) is 0 Å². The predicted molar refractivity (Wildman–Crippen MR) is 58.0 cm³/mol. The lowest BCUT2D eigenvalue weighted by Crippen LogP contribution is -2.43. The monoisotopic (exact) mass is 255 g/mol. The van der Waals surface area contributed by atoms with Gasteiger partial charge in [-0.3, -0.25) is 14.3 Å². The van der Waals surface area contributed by atoms with Crippen LogP contribution in [-0.4, -0.2) is 43.7 Å². The number of nitrogens with zero attached hydrogens (tertiary/aromatic N) is 3. The minimum absolute atomic E-state index is 0.0336. The second kappa shape index (κ2) is 6.33. The first kappa shape index (κ1) is 13.6. The SMILES string of the molecule is NC(=O)C[C@H](NC(=O)CCn1cncn1)C(=O)O. The minimum atomic E-state index is -1.30. The molecule has 98 valence electrons. The van der Waals surface area contributed by atoms with Crippen LogP contribution in [0.25, 0.3) is 0 Å². The largest absolute Gasteiger partial charge is 0.480 e. The molecule has 0 aliphatic rings. The fourth-order valence-electron chi connectivity index (χ4n) is 1.23. The number of primary amides is 1. The number of aliphatic carboxylic acids is 1. The van der Waals surface area contributed by atoms with E-state index >= 15 is 0 Å². The molecule has 0 bridgehead atoms. The Morgan fingerprint density at radius 2 is 2.17 bits per heavy atom. The molecule has 0 saturated carbocycles. The molecule has 0 spiro atoms. The third kappa shape index (κ3) is 4.60. The summed E-state index contributed by atoms with van der Waals surface area (Å²) in [6.07, 6.45) is 2.35. The molecule has 2 amide bonds. The van der Waals surface area contributed by atoms with Crippen LogP contribution in [-0.2, 0) is 20.9 Å². The Balaban J connectivity index is 2.41. The van der Waals surface area contributed by atoms with Gasteiger partial charge in [-0.05, 0) is 0 Å². The van der Waals surface area contributed by atoms with Crippen LogP contribution in [0.15, 0.2) is 12.7 Å². The standard InChI is InChI=1S/C9H13N5O4/c10-7(15)3-6(9(17)18)13-8(16)1-2-14-5-11-4-12-14/h4-6H,1-3H2,(H2,10,15)(H,13,16)(H,17,18)/t6-/m0/s1. The van der Waals surface area contributed by atoms with Crippen LogP contribution in [0.4, 0.5) is 0 Å². The summed E-state index contributed by atoms with van der Waals surface area (Å²) in [5, 5.41) is 14.8. The van der Waals surface area contributed by atoms with Gasteiger partial charge in [-0.25, -0.2) is 9.78 Å². The molecule has 1 atom stereocenters. The van der Waals surface area contributed by atoms with Crippen molar-refractivity contribution < 1.29 is 19.5 Å². The smallest absolute Gasteiger partial charge is 0.326 e. The Labute approximate surface area is 102 Å². The number of carboxylic acids is 1. The molecule has 0 saturated heterocycles. The van der Waals surface area contributed by atoms with Crippen molar-refractivity contribution in [2.24, 2.45) is 5.73 Å². The van der Waals surface area contributed by atoms with Gasteiger partial charge in [0, 0.05) is 6.42 Å². The molecule has 1 rings (SSSR count). The number of nitrogens with one attached hydrogen (secondary N) is 1. The predicted octanol–water partition coefficient (Wildman–Crippen LogP) is -1.89. The van der Waals surface area contributed by atoms with Crippen LogP contribution in [0.3, 0.4) is 0 Å². The summed E-state index contributed by atoms with van der Waals surface area (Å²) < 4.78 is 1.43. The zero-order chi connectivity index (χ0) is 13.5. The first-order valence-electron chi connectivity index (χ1n) is 5.12. The summed E-state index contributed by atoms with van der Waals surface area (Å²) in [5.74, 6) is -2.60. The maximum absolute atomic E-state index is 11.4. The van der Waals surface area contributed by atoms with Crippen LogP contribution in [0.2, 0.25) is 0 Å². The number of hydrogen-bond acceptors (Lipinski definition) is 5. The molecular weight excluding hydrogens is 242 g/mol. The topological polar surface area (TPSA) is 140 Å². The van der Waals surface area contributed by atoms with E-state index < -0.39 is 30.2 Å². The van der Waals surface area contributed by atoms with Crippen LogP contribution in [0, 0.1) is 0 Å². The quantitative estimate of drug-likeness (QED) is 0.520. The average Bonchev–Trinajstić information content (AvgIpc) is 2.77. The molecule has 0 radical (unpaired) electrons. The van der Waals surface area contributed by atoms with Crippen LogP contribution in [0.5, 0.6) is 0 Å². The highest BCUT2D eigenvalue weighted by Gasteiger charge is 2.21. The van der Waals surface area contributed by atoms with E-state index in [0.29, 0.717) is 0 Å². The summed E-state index contributed by atoms with van der Waals surface area (Å²) in [6.45, 7) is 0.273. The van der Waals surface area contributed by atoms with Gasteiger partial charge in [0.15, 0.2) is 0 Å². The maximum atomic E-state index is 11.4. The van der Waals surface area contributed by atoms with E-state index in [4.69, 9.17) is 10.8 Å². The molecule has 1 heterocycles. The highest BCUT2D eigenvalue weighted by Crippen LogP contribution is 1.94. The molecule has 0 aliphatic heterocycles. The van der Waals surface area contributed by atoms with Crippen LogP contribution >= 0.6 is 0 Å². The van der Waals surface area contributed by atoms with Crippen molar-refractivity contribution in [3.63, 3.8) is 0 Å². The van der Waals surface area contributed by atoms with Crippen molar-refractivity contribution in [1.29, 1.82) is 0 Å². The summed E-state index contributed by atoms with van der Waals surface area (Å²) in [4.78, 5) is 36.5. The van der Waals surface area contributed by atoms with Crippen molar-refractivity contribution >= 4 is 17.8 Å². The maximum Gasteiger partial charge on any atom is 0.326 e. The lowest BCUT2D eigenvalue weighted by Gasteiger charge is -2.12. The van der Waals surface area contributed by atoms with E-state index in [1.807, 2.05) is 0 Å². The molecule has 1 aromatic heterocycles. The van der Waals surface area contributed by atoms with Crippen molar-refractivity contribution in [1.82, 2.24) is 20.1 Å².